The van der Waals surface area contributed by atoms with Crippen LogP contribution >= 0.6 is 31.9 Å². The van der Waals surface area contributed by atoms with Crippen molar-refractivity contribution in [3.8, 4) is 6.07 Å². The van der Waals surface area contributed by atoms with E-state index < -0.39 is 5.41 Å². The van der Waals surface area contributed by atoms with Crippen molar-refractivity contribution in [2.45, 2.75) is 24.6 Å². The second kappa shape index (κ2) is 4.46. The summed E-state index contributed by atoms with van der Waals surface area (Å²) in [4.78, 5) is 0. The van der Waals surface area contributed by atoms with Crippen molar-refractivity contribution in [3.05, 3.63) is 33.8 Å². The van der Waals surface area contributed by atoms with Gasteiger partial charge in [0.05, 0.1) is 11.5 Å². The maximum absolute atomic E-state index is 9.02. The molecule has 0 unspecified atom stereocenters. The predicted molar refractivity (Wildman–Crippen MR) is 65.4 cm³/mol. The summed E-state index contributed by atoms with van der Waals surface area (Å²) >= 11 is 6.86. The third kappa shape index (κ3) is 2.59. The average Bonchev–Trinajstić information content (AvgIpc) is 2.16. The molecule has 0 saturated carbocycles. The summed E-state index contributed by atoms with van der Waals surface area (Å²) in [7, 11) is 0. The molecule has 0 radical (unpaired) electrons. The minimum absolute atomic E-state index is 0.430. The van der Waals surface area contributed by atoms with Crippen molar-refractivity contribution >= 4 is 31.9 Å². The molecular weight excluding hydrogens is 306 g/mol. The van der Waals surface area contributed by atoms with Crippen molar-refractivity contribution in [1.29, 1.82) is 5.26 Å². The molecule has 0 fully saturated rings. The van der Waals surface area contributed by atoms with Gasteiger partial charge >= 0.3 is 0 Å². The zero-order valence-corrected chi connectivity index (χ0v) is 11.3. The number of nitriles is 1. The van der Waals surface area contributed by atoms with Gasteiger partial charge in [-0.1, -0.05) is 37.9 Å². The van der Waals surface area contributed by atoms with Crippen LogP contribution in [0.5, 0.6) is 0 Å². The molecule has 0 bridgehead atoms. The Balaban J connectivity index is 3.24. The van der Waals surface area contributed by atoms with E-state index in [0.29, 0.717) is 0 Å². The van der Waals surface area contributed by atoms with Gasteiger partial charge in [0, 0.05) is 9.80 Å². The Morgan fingerprint density at radius 1 is 1.36 bits per heavy atom. The highest BCUT2D eigenvalue weighted by Gasteiger charge is 2.20. The van der Waals surface area contributed by atoms with Gasteiger partial charge in [0.1, 0.15) is 0 Å². The van der Waals surface area contributed by atoms with Crippen LogP contribution in [0.2, 0.25) is 0 Å². The zero-order chi connectivity index (χ0) is 10.8. The SMILES string of the molecule is CC(C)(C#N)c1cc(Br)cc(CBr)c1. The molecule has 0 heterocycles. The molecule has 1 aromatic carbocycles. The molecule has 0 N–H and O–H groups in total. The summed E-state index contributed by atoms with van der Waals surface area (Å²) in [6.07, 6.45) is 0. The van der Waals surface area contributed by atoms with Crippen LogP contribution in [-0.2, 0) is 10.7 Å². The van der Waals surface area contributed by atoms with E-state index in [1.165, 1.54) is 5.56 Å². The van der Waals surface area contributed by atoms with Gasteiger partial charge in [-0.05, 0) is 37.1 Å². The van der Waals surface area contributed by atoms with Crippen LogP contribution in [0.4, 0.5) is 0 Å². The highest BCUT2D eigenvalue weighted by molar-refractivity contribution is 9.10. The normalized spacial score (nSPS) is 11.1. The Hall–Kier alpha value is -0.330. The maximum Gasteiger partial charge on any atom is 0.0766 e. The first kappa shape index (κ1) is 11.7. The summed E-state index contributed by atoms with van der Waals surface area (Å²) in [6, 6.07) is 8.40. The van der Waals surface area contributed by atoms with Gasteiger partial charge < -0.3 is 0 Å². The third-order valence-corrected chi connectivity index (χ3v) is 3.22. The number of hydrogen-bond acceptors (Lipinski definition) is 1. The Labute approximate surface area is 101 Å². The van der Waals surface area contributed by atoms with E-state index in [0.717, 1.165) is 15.4 Å². The van der Waals surface area contributed by atoms with E-state index in [9.17, 15) is 0 Å². The summed E-state index contributed by atoms with van der Waals surface area (Å²) in [5.74, 6) is 0. The number of halogens is 2. The lowest BCUT2D eigenvalue weighted by atomic mass is 9.86. The van der Waals surface area contributed by atoms with Crippen molar-refractivity contribution in [2.75, 3.05) is 0 Å². The minimum atomic E-state index is -0.430. The third-order valence-electron chi connectivity index (χ3n) is 2.11. The van der Waals surface area contributed by atoms with E-state index in [2.05, 4.69) is 44.0 Å². The van der Waals surface area contributed by atoms with E-state index in [1.807, 2.05) is 26.0 Å². The zero-order valence-electron chi connectivity index (χ0n) is 8.14. The number of hydrogen-bond donors (Lipinski definition) is 0. The molecule has 0 aromatic heterocycles. The van der Waals surface area contributed by atoms with Crippen molar-refractivity contribution in [1.82, 2.24) is 0 Å². The van der Waals surface area contributed by atoms with Crippen LogP contribution in [0.15, 0.2) is 22.7 Å². The summed E-state index contributed by atoms with van der Waals surface area (Å²) in [6.45, 7) is 3.85. The molecule has 0 spiro atoms. The van der Waals surface area contributed by atoms with Gasteiger partial charge in [0.15, 0.2) is 0 Å². The lowest BCUT2D eigenvalue weighted by molar-refractivity contribution is 0.685. The average molecular weight is 317 g/mol. The molecule has 0 amide bonds. The van der Waals surface area contributed by atoms with Crippen LogP contribution in [-0.4, -0.2) is 0 Å². The molecule has 3 heteroatoms. The molecule has 14 heavy (non-hydrogen) atoms. The number of nitrogens with zero attached hydrogens (tertiary/aromatic N) is 1. The monoisotopic (exact) mass is 315 g/mol. The smallest absolute Gasteiger partial charge is 0.0766 e. The fourth-order valence-electron chi connectivity index (χ4n) is 1.15. The number of benzene rings is 1. The maximum atomic E-state index is 9.02. The Morgan fingerprint density at radius 2 is 2.00 bits per heavy atom. The summed E-state index contributed by atoms with van der Waals surface area (Å²) in [5, 5.41) is 9.83. The Bertz CT molecular complexity index is 377. The molecule has 0 atom stereocenters. The molecule has 1 nitrogen and oxygen atoms in total. The van der Waals surface area contributed by atoms with E-state index >= 15 is 0 Å². The van der Waals surface area contributed by atoms with E-state index in [4.69, 9.17) is 5.26 Å². The Morgan fingerprint density at radius 3 is 2.50 bits per heavy atom. The van der Waals surface area contributed by atoms with Crippen LogP contribution in [0.25, 0.3) is 0 Å². The van der Waals surface area contributed by atoms with Crippen molar-refractivity contribution in [2.24, 2.45) is 0 Å². The summed E-state index contributed by atoms with van der Waals surface area (Å²) in [5.41, 5.74) is 1.79. The quantitative estimate of drug-likeness (QED) is 0.752. The topological polar surface area (TPSA) is 23.8 Å². The fourth-order valence-corrected chi connectivity index (χ4v) is 2.02. The highest BCUT2D eigenvalue weighted by Crippen LogP contribution is 2.27. The first-order valence-corrected chi connectivity index (χ1v) is 6.18. The van der Waals surface area contributed by atoms with Crippen LogP contribution in [0.1, 0.15) is 25.0 Å². The first-order valence-electron chi connectivity index (χ1n) is 4.27. The van der Waals surface area contributed by atoms with E-state index in [1.54, 1.807) is 0 Å². The highest BCUT2D eigenvalue weighted by atomic mass is 79.9. The predicted octanol–water partition coefficient (Wildman–Crippen LogP) is 4.15. The largest absolute Gasteiger partial charge is 0.197 e. The van der Waals surface area contributed by atoms with Crippen LogP contribution < -0.4 is 0 Å². The lowest BCUT2D eigenvalue weighted by Gasteiger charge is -2.17. The molecule has 0 aliphatic heterocycles. The van der Waals surface area contributed by atoms with Crippen LogP contribution in [0.3, 0.4) is 0 Å². The van der Waals surface area contributed by atoms with Gasteiger partial charge in [-0.3, -0.25) is 0 Å². The van der Waals surface area contributed by atoms with Crippen LogP contribution in [0, 0.1) is 11.3 Å². The van der Waals surface area contributed by atoms with Gasteiger partial charge in [-0.15, -0.1) is 0 Å². The van der Waals surface area contributed by atoms with Crippen molar-refractivity contribution in [3.63, 3.8) is 0 Å². The minimum Gasteiger partial charge on any atom is -0.197 e. The van der Waals surface area contributed by atoms with Gasteiger partial charge in [-0.25, -0.2) is 0 Å². The number of rotatable bonds is 2. The standard InChI is InChI=1S/C11H11Br2N/c1-11(2,7-14)9-3-8(6-12)4-10(13)5-9/h3-5H,6H2,1-2H3. The van der Waals surface area contributed by atoms with Gasteiger partial charge in [0.2, 0.25) is 0 Å². The Kier molecular flexibility index (Phi) is 3.74. The molecule has 0 saturated heterocycles. The van der Waals surface area contributed by atoms with E-state index in [-0.39, 0.29) is 0 Å². The first-order chi connectivity index (χ1) is 6.49. The second-order valence-electron chi connectivity index (χ2n) is 3.72. The van der Waals surface area contributed by atoms with Gasteiger partial charge in [-0.2, -0.15) is 5.26 Å². The fraction of sp³-hybridized carbons (Fsp3) is 0.364. The second-order valence-corrected chi connectivity index (χ2v) is 5.19. The molecule has 74 valence electrons. The molecule has 1 rings (SSSR count). The molecule has 1 aromatic rings. The van der Waals surface area contributed by atoms with Gasteiger partial charge in [0.25, 0.3) is 0 Å². The van der Waals surface area contributed by atoms with Crippen molar-refractivity contribution < 1.29 is 0 Å². The lowest BCUT2D eigenvalue weighted by Crippen LogP contribution is -2.14. The molecule has 0 aliphatic carbocycles. The molecular formula is C11H11Br2N. The summed E-state index contributed by atoms with van der Waals surface area (Å²) < 4.78 is 1.02. The molecule has 0 aliphatic rings. The number of alkyl halides is 1.